The molecular weight excluding hydrogens is 360 g/mol. The summed E-state index contributed by atoms with van der Waals surface area (Å²) in [5.41, 5.74) is -3.55. The van der Waals surface area contributed by atoms with Crippen LogP contribution >= 0.6 is 0 Å². The fourth-order valence-corrected chi connectivity index (χ4v) is 7.30. The number of aliphatic hydroxyl groups is 4. The first-order chi connectivity index (χ1) is 12.7. The van der Waals surface area contributed by atoms with E-state index in [0.29, 0.717) is 17.6 Å². The Balaban J connectivity index is 2.01. The quantitative estimate of drug-likeness (QED) is 0.460. The van der Waals surface area contributed by atoms with E-state index < -0.39 is 46.1 Å². The molecule has 9 atom stereocenters. The Morgan fingerprint density at radius 1 is 1.11 bits per heavy atom. The normalized spacial score (nSPS) is 55.6. The average Bonchev–Trinajstić information content (AvgIpc) is 2.60. The van der Waals surface area contributed by atoms with Crippen molar-refractivity contribution in [2.75, 3.05) is 6.61 Å². The highest BCUT2D eigenvalue weighted by molar-refractivity contribution is 5.93. The number of carbonyl (C=O) groups excluding carboxylic acids is 1. The summed E-state index contributed by atoms with van der Waals surface area (Å²) in [7, 11) is 0. The fourth-order valence-electron chi connectivity index (χ4n) is 7.30. The molecule has 1 aliphatic heterocycles. The third-order valence-electron chi connectivity index (χ3n) is 9.34. The first kappa shape index (κ1) is 20.5. The van der Waals surface area contributed by atoms with Gasteiger partial charge in [0.2, 0.25) is 0 Å². The molecule has 2 bridgehead atoms. The second-order valence-electron chi connectivity index (χ2n) is 10.6. The molecule has 0 aromatic rings. The van der Waals surface area contributed by atoms with Crippen LogP contribution in [0.5, 0.6) is 0 Å². The number of rotatable bonds is 0. The van der Waals surface area contributed by atoms with Crippen molar-refractivity contribution >= 4 is 5.78 Å². The summed E-state index contributed by atoms with van der Waals surface area (Å²) < 4.78 is 5.65. The smallest absolute Gasteiger partial charge is 0.172 e. The Hall–Kier alpha value is -0.790. The lowest BCUT2D eigenvalue weighted by molar-refractivity contribution is -0.329. The molecule has 0 aromatic heterocycles. The van der Waals surface area contributed by atoms with Crippen molar-refractivity contribution in [3.05, 3.63) is 11.1 Å². The lowest BCUT2D eigenvalue weighted by atomic mass is 9.41. The lowest BCUT2D eigenvalue weighted by Crippen LogP contribution is -2.77. The summed E-state index contributed by atoms with van der Waals surface area (Å²) in [6, 6.07) is 0. The largest absolute Gasteiger partial charge is 0.389 e. The molecule has 4 aliphatic rings. The molecule has 158 valence electrons. The number of fused-ring (bicyclic) bond motifs is 5. The molecule has 0 amide bonds. The van der Waals surface area contributed by atoms with Gasteiger partial charge in [-0.05, 0) is 36.3 Å². The van der Waals surface area contributed by atoms with E-state index in [1.165, 1.54) is 0 Å². The molecule has 4 rings (SSSR count). The molecule has 0 radical (unpaired) electrons. The predicted molar refractivity (Wildman–Crippen MR) is 102 cm³/mol. The van der Waals surface area contributed by atoms with Crippen molar-refractivity contribution in [2.24, 2.45) is 28.6 Å². The predicted octanol–water partition coefficient (Wildman–Crippen LogP) is 1.20. The first-order valence-electron chi connectivity index (χ1n) is 10.4. The molecule has 6 heteroatoms. The number of aliphatic hydroxyl groups excluding tert-OH is 2. The molecular formula is C22H34O6. The Morgan fingerprint density at radius 3 is 2.25 bits per heavy atom. The van der Waals surface area contributed by atoms with Crippen LogP contribution in [0.3, 0.4) is 0 Å². The second kappa shape index (κ2) is 5.67. The maximum atomic E-state index is 13.8. The number of ketones is 1. The number of hydrogen-bond acceptors (Lipinski definition) is 6. The van der Waals surface area contributed by atoms with Gasteiger partial charge in [0.15, 0.2) is 5.78 Å². The van der Waals surface area contributed by atoms with E-state index in [-0.39, 0.29) is 30.8 Å². The van der Waals surface area contributed by atoms with Gasteiger partial charge in [-0.15, -0.1) is 0 Å². The standard InChI is InChI=1S/C22H34O6/c1-10-7-14-21(26,9-28-14)17-12(3)22(27)8-13(23)11(2)15(19(22,4)5)16(24)18(25)20(10,17)6/h10,12-14,16-17,23-24,26-27H,7-9H2,1-6H3/t10-,12?,13?,14?,16?,17?,20+,21-,22?/m0/s1. The van der Waals surface area contributed by atoms with E-state index in [9.17, 15) is 25.2 Å². The van der Waals surface area contributed by atoms with Gasteiger partial charge in [-0.2, -0.15) is 0 Å². The highest BCUT2D eigenvalue weighted by atomic mass is 16.6. The summed E-state index contributed by atoms with van der Waals surface area (Å²) in [6.45, 7) is 11.2. The van der Waals surface area contributed by atoms with Gasteiger partial charge < -0.3 is 25.2 Å². The van der Waals surface area contributed by atoms with Crippen LogP contribution in [0.1, 0.15) is 54.4 Å². The molecule has 4 N–H and O–H groups in total. The van der Waals surface area contributed by atoms with Crippen LogP contribution in [-0.2, 0) is 9.53 Å². The van der Waals surface area contributed by atoms with Gasteiger partial charge in [-0.3, -0.25) is 4.79 Å². The van der Waals surface area contributed by atoms with Crippen LogP contribution in [-0.4, -0.2) is 62.3 Å². The zero-order chi connectivity index (χ0) is 21.0. The minimum Gasteiger partial charge on any atom is -0.389 e. The number of hydrogen-bond donors (Lipinski definition) is 4. The Bertz CT molecular complexity index is 758. The average molecular weight is 395 g/mol. The zero-order valence-corrected chi connectivity index (χ0v) is 17.7. The highest BCUT2D eigenvalue weighted by Gasteiger charge is 2.73. The van der Waals surface area contributed by atoms with Crippen molar-refractivity contribution < 1.29 is 30.0 Å². The minimum atomic E-state index is -1.42. The topological polar surface area (TPSA) is 107 Å². The van der Waals surface area contributed by atoms with Crippen molar-refractivity contribution in [1.29, 1.82) is 0 Å². The maximum Gasteiger partial charge on any atom is 0.172 e. The van der Waals surface area contributed by atoms with Gasteiger partial charge in [0.1, 0.15) is 11.7 Å². The van der Waals surface area contributed by atoms with Gasteiger partial charge in [-0.1, -0.05) is 34.6 Å². The van der Waals surface area contributed by atoms with Crippen molar-refractivity contribution in [2.45, 2.75) is 83.9 Å². The van der Waals surface area contributed by atoms with Crippen LogP contribution in [0.4, 0.5) is 0 Å². The summed E-state index contributed by atoms with van der Waals surface area (Å²) in [4.78, 5) is 13.8. The number of Topliss-reactive ketones (excluding diaryl/α,β-unsaturated/α-hetero) is 1. The first-order valence-corrected chi connectivity index (χ1v) is 10.4. The lowest BCUT2D eigenvalue weighted by Gasteiger charge is -2.67. The number of carbonyl (C=O) groups is 1. The van der Waals surface area contributed by atoms with E-state index in [0.717, 1.165) is 0 Å². The molecule has 6 unspecified atom stereocenters. The molecule has 2 saturated carbocycles. The molecule has 3 fully saturated rings. The number of ether oxygens (including phenoxy) is 1. The summed E-state index contributed by atoms with van der Waals surface area (Å²) >= 11 is 0. The molecule has 1 heterocycles. The van der Waals surface area contributed by atoms with Crippen LogP contribution < -0.4 is 0 Å². The van der Waals surface area contributed by atoms with Crippen LogP contribution in [0, 0.1) is 28.6 Å². The summed E-state index contributed by atoms with van der Waals surface area (Å²) in [5.74, 6) is -1.51. The second-order valence-corrected chi connectivity index (χ2v) is 10.6. The Morgan fingerprint density at radius 2 is 1.71 bits per heavy atom. The van der Waals surface area contributed by atoms with Crippen LogP contribution in [0.15, 0.2) is 11.1 Å². The van der Waals surface area contributed by atoms with E-state index in [1.807, 2.05) is 34.6 Å². The van der Waals surface area contributed by atoms with Gasteiger partial charge in [-0.25, -0.2) is 0 Å². The third kappa shape index (κ3) is 2.04. The van der Waals surface area contributed by atoms with E-state index >= 15 is 0 Å². The van der Waals surface area contributed by atoms with Gasteiger partial charge in [0.05, 0.1) is 24.4 Å². The summed E-state index contributed by atoms with van der Waals surface area (Å²) in [5, 5.41) is 45.5. The maximum absolute atomic E-state index is 13.8. The van der Waals surface area contributed by atoms with E-state index in [2.05, 4.69) is 0 Å². The Kier molecular flexibility index (Phi) is 4.15. The monoisotopic (exact) mass is 394 g/mol. The van der Waals surface area contributed by atoms with Gasteiger partial charge in [0, 0.05) is 23.2 Å². The summed E-state index contributed by atoms with van der Waals surface area (Å²) in [6.07, 6.45) is -2.08. The molecule has 0 spiro atoms. The van der Waals surface area contributed by atoms with Crippen LogP contribution in [0.25, 0.3) is 0 Å². The molecule has 1 saturated heterocycles. The van der Waals surface area contributed by atoms with Crippen molar-refractivity contribution in [3.8, 4) is 0 Å². The van der Waals surface area contributed by atoms with E-state index in [4.69, 9.17) is 4.74 Å². The van der Waals surface area contributed by atoms with Gasteiger partial charge >= 0.3 is 0 Å². The van der Waals surface area contributed by atoms with Crippen molar-refractivity contribution in [3.63, 3.8) is 0 Å². The molecule has 28 heavy (non-hydrogen) atoms. The molecule has 6 nitrogen and oxygen atoms in total. The highest BCUT2D eigenvalue weighted by Crippen LogP contribution is 2.65. The zero-order valence-electron chi connectivity index (χ0n) is 17.7. The van der Waals surface area contributed by atoms with Crippen molar-refractivity contribution in [1.82, 2.24) is 0 Å². The molecule has 3 aliphatic carbocycles. The minimum absolute atomic E-state index is 0.111. The van der Waals surface area contributed by atoms with Crippen LogP contribution in [0.2, 0.25) is 0 Å². The van der Waals surface area contributed by atoms with Gasteiger partial charge in [0.25, 0.3) is 0 Å². The molecule has 0 aromatic carbocycles. The van der Waals surface area contributed by atoms with E-state index in [1.54, 1.807) is 6.92 Å². The SMILES string of the molecule is CC1=C2C(O)C(=O)[C@@]3(C)C(C(C)C(O)(CC1O)C2(C)C)[C@]1(O)COC1C[C@@H]3C. The fraction of sp³-hybridized carbons (Fsp3) is 0.864. The third-order valence-corrected chi connectivity index (χ3v) is 9.34. The Labute approximate surface area is 166 Å².